The fourth-order valence-electron chi connectivity index (χ4n) is 1.07. The molecule has 1 heterocycles. The van der Waals surface area contributed by atoms with Crippen molar-refractivity contribution in [3.8, 4) is 0 Å². The van der Waals surface area contributed by atoms with Crippen molar-refractivity contribution in [2.24, 2.45) is 0 Å². The second kappa shape index (κ2) is 3.53. The van der Waals surface area contributed by atoms with Crippen LogP contribution in [0, 0.1) is 0 Å². The molecule has 5 nitrogen and oxygen atoms in total. The standard InChI is InChI=1S/C7H11NO4/c1-5(7(10)11)8-2-3-12-4-6(8)9/h5H,2-4H2,1H3,(H,10,11). The second-order valence-electron chi connectivity index (χ2n) is 2.65. The number of morpholine rings is 1. The van der Waals surface area contributed by atoms with Crippen LogP contribution in [0.4, 0.5) is 0 Å². The van der Waals surface area contributed by atoms with Crippen LogP contribution in [0.15, 0.2) is 0 Å². The van der Waals surface area contributed by atoms with E-state index in [0.717, 1.165) is 0 Å². The van der Waals surface area contributed by atoms with E-state index < -0.39 is 12.0 Å². The topological polar surface area (TPSA) is 66.8 Å². The predicted molar refractivity (Wildman–Crippen MR) is 39.6 cm³/mol. The highest BCUT2D eigenvalue weighted by molar-refractivity contribution is 5.84. The van der Waals surface area contributed by atoms with Gasteiger partial charge in [-0.05, 0) is 6.92 Å². The summed E-state index contributed by atoms with van der Waals surface area (Å²) in [7, 11) is 0. The Morgan fingerprint density at radius 3 is 2.92 bits per heavy atom. The molecule has 0 spiro atoms. The largest absolute Gasteiger partial charge is 0.480 e. The summed E-state index contributed by atoms with van der Waals surface area (Å²) in [6, 6.07) is -0.749. The zero-order valence-electron chi connectivity index (χ0n) is 6.82. The first-order chi connectivity index (χ1) is 5.63. The Morgan fingerprint density at radius 1 is 1.75 bits per heavy atom. The molecular weight excluding hydrogens is 162 g/mol. The van der Waals surface area contributed by atoms with Crippen LogP contribution in [0.1, 0.15) is 6.92 Å². The monoisotopic (exact) mass is 173 g/mol. The number of carboxylic acids is 1. The maximum atomic E-state index is 11.1. The van der Waals surface area contributed by atoms with Gasteiger partial charge in [0, 0.05) is 6.54 Å². The van der Waals surface area contributed by atoms with E-state index in [2.05, 4.69) is 0 Å². The van der Waals surface area contributed by atoms with Crippen LogP contribution < -0.4 is 0 Å². The van der Waals surface area contributed by atoms with Gasteiger partial charge in [0.1, 0.15) is 12.6 Å². The van der Waals surface area contributed by atoms with Gasteiger partial charge in [0.2, 0.25) is 5.91 Å². The summed E-state index contributed by atoms with van der Waals surface area (Å²) >= 11 is 0. The van der Waals surface area contributed by atoms with Crippen molar-refractivity contribution in [1.29, 1.82) is 0 Å². The minimum atomic E-state index is -0.981. The first kappa shape index (κ1) is 8.99. The number of nitrogens with zero attached hydrogens (tertiary/aromatic N) is 1. The second-order valence-corrected chi connectivity index (χ2v) is 2.65. The number of ether oxygens (including phenoxy) is 1. The van der Waals surface area contributed by atoms with Crippen LogP contribution in [-0.2, 0) is 14.3 Å². The molecule has 1 saturated heterocycles. The van der Waals surface area contributed by atoms with Gasteiger partial charge in [0.25, 0.3) is 0 Å². The smallest absolute Gasteiger partial charge is 0.326 e. The number of amides is 1. The third-order valence-electron chi connectivity index (χ3n) is 1.85. The summed E-state index contributed by atoms with van der Waals surface area (Å²) in [5, 5.41) is 8.62. The molecule has 1 amide bonds. The van der Waals surface area contributed by atoms with Crippen molar-refractivity contribution in [1.82, 2.24) is 4.90 Å². The van der Waals surface area contributed by atoms with Gasteiger partial charge in [-0.15, -0.1) is 0 Å². The summed E-state index contributed by atoms with van der Waals surface area (Å²) in [4.78, 5) is 22.9. The fraction of sp³-hybridized carbons (Fsp3) is 0.714. The van der Waals surface area contributed by atoms with Crippen molar-refractivity contribution in [2.45, 2.75) is 13.0 Å². The SMILES string of the molecule is CC(C(=O)O)N1CCOCC1=O. The number of carbonyl (C=O) groups excluding carboxylic acids is 1. The van der Waals surface area contributed by atoms with Crippen LogP contribution in [-0.4, -0.2) is 47.7 Å². The lowest BCUT2D eigenvalue weighted by Gasteiger charge is -2.29. The fourth-order valence-corrected chi connectivity index (χ4v) is 1.07. The first-order valence-electron chi connectivity index (χ1n) is 3.73. The summed E-state index contributed by atoms with van der Waals surface area (Å²) < 4.78 is 4.86. The zero-order chi connectivity index (χ0) is 9.14. The maximum absolute atomic E-state index is 11.1. The molecule has 12 heavy (non-hydrogen) atoms. The lowest BCUT2D eigenvalue weighted by molar-refractivity contribution is -0.156. The molecular formula is C7H11NO4. The van der Waals surface area contributed by atoms with Crippen LogP contribution in [0.5, 0.6) is 0 Å². The molecule has 1 aliphatic heterocycles. The molecule has 0 aromatic carbocycles. The Kier molecular flexibility index (Phi) is 2.65. The van der Waals surface area contributed by atoms with Gasteiger partial charge in [-0.25, -0.2) is 4.79 Å². The van der Waals surface area contributed by atoms with Crippen LogP contribution >= 0.6 is 0 Å². The maximum Gasteiger partial charge on any atom is 0.326 e. The van der Waals surface area contributed by atoms with Crippen LogP contribution in [0.2, 0.25) is 0 Å². The van der Waals surface area contributed by atoms with E-state index in [-0.39, 0.29) is 12.5 Å². The predicted octanol–water partition coefficient (Wildman–Crippen LogP) is -0.682. The van der Waals surface area contributed by atoms with Gasteiger partial charge in [0.15, 0.2) is 0 Å². The van der Waals surface area contributed by atoms with E-state index >= 15 is 0 Å². The molecule has 1 fully saturated rings. The lowest BCUT2D eigenvalue weighted by Crippen LogP contribution is -2.49. The Labute approximate surface area is 69.9 Å². The van der Waals surface area contributed by atoms with Crippen molar-refractivity contribution >= 4 is 11.9 Å². The number of aliphatic carboxylic acids is 1. The van der Waals surface area contributed by atoms with Crippen molar-refractivity contribution < 1.29 is 19.4 Å². The van der Waals surface area contributed by atoms with E-state index in [1.54, 1.807) is 0 Å². The Balaban J connectivity index is 2.59. The van der Waals surface area contributed by atoms with E-state index in [0.29, 0.717) is 13.2 Å². The quantitative estimate of drug-likeness (QED) is 0.600. The summed E-state index contributed by atoms with van der Waals surface area (Å²) in [6.45, 7) is 2.28. The number of hydrogen-bond donors (Lipinski definition) is 1. The molecule has 1 N–H and O–H groups in total. The number of rotatable bonds is 2. The summed E-state index contributed by atoms with van der Waals surface area (Å²) in [5.74, 6) is -1.23. The van der Waals surface area contributed by atoms with Crippen LogP contribution in [0.3, 0.4) is 0 Å². The van der Waals surface area contributed by atoms with E-state index in [9.17, 15) is 9.59 Å². The van der Waals surface area contributed by atoms with Gasteiger partial charge >= 0.3 is 5.97 Å². The number of hydrogen-bond acceptors (Lipinski definition) is 3. The average molecular weight is 173 g/mol. The normalized spacial score (nSPS) is 20.8. The Bertz CT molecular complexity index is 204. The van der Waals surface area contributed by atoms with Gasteiger partial charge in [-0.3, -0.25) is 4.79 Å². The molecule has 0 aliphatic carbocycles. The first-order valence-corrected chi connectivity index (χ1v) is 3.73. The molecule has 0 radical (unpaired) electrons. The summed E-state index contributed by atoms with van der Waals surface area (Å²) in [5.41, 5.74) is 0. The molecule has 1 atom stereocenters. The Hall–Kier alpha value is -1.10. The van der Waals surface area contributed by atoms with Gasteiger partial charge in [-0.2, -0.15) is 0 Å². The highest BCUT2D eigenvalue weighted by atomic mass is 16.5. The van der Waals surface area contributed by atoms with Crippen molar-refractivity contribution in [2.75, 3.05) is 19.8 Å². The van der Waals surface area contributed by atoms with Gasteiger partial charge < -0.3 is 14.7 Å². The molecule has 0 saturated carbocycles. The molecule has 1 aliphatic rings. The molecule has 5 heteroatoms. The van der Waals surface area contributed by atoms with Gasteiger partial charge in [-0.1, -0.05) is 0 Å². The molecule has 0 aromatic rings. The van der Waals surface area contributed by atoms with Crippen molar-refractivity contribution in [3.05, 3.63) is 0 Å². The number of carboxylic acid groups (broad SMARTS) is 1. The third-order valence-corrected chi connectivity index (χ3v) is 1.85. The molecule has 1 rings (SSSR count). The van der Waals surface area contributed by atoms with Gasteiger partial charge in [0.05, 0.1) is 6.61 Å². The minimum Gasteiger partial charge on any atom is -0.480 e. The highest BCUT2D eigenvalue weighted by Gasteiger charge is 2.27. The molecule has 1 unspecified atom stereocenters. The van der Waals surface area contributed by atoms with E-state index in [1.807, 2.05) is 0 Å². The third kappa shape index (κ3) is 1.73. The van der Waals surface area contributed by atoms with E-state index in [1.165, 1.54) is 11.8 Å². The zero-order valence-corrected chi connectivity index (χ0v) is 6.82. The van der Waals surface area contributed by atoms with Crippen LogP contribution in [0.25, 0.3) is 0 Å². The highest BCUT2D eigenvalue weighted by Crippen LogP contribution is 2.04. The molecule has 0 bridgehead atoms. The number of carbonyl (C=O) groups is 2. The summed E-state index contributed by atoms with van der Waals surface area (Å²) in [6.07, 6.45) is 0. The Morgan fingerprint density at radius 2 is 2.42 bits per heavy atom. The molecule has 68 valence electrons. The lowest BCUT2D eigenvalue weighted by atomic mass is 10.2. The molecule has 0 aromatic heterocycles. The van der Waals surface area contributed by atoms with E-state index in [4.69, 9.17) is 9.84 Å². The van der Waals surface area contributed by atoms with Crippen molar-refractivity contribution in [3.63, 3.8) is 0 Å². The average Bonchev–Trinajstić information content (AvgIpc) is 2.04. The minimum absolute atomic E-state index is 0.00236.